The van der Waals surface area contributed by atoms with Crippen molar-refractivity contribution in [1.29, 1.82) is 0 Å². The molecule has 6 heteroatoms. The molecule has 0 unspecified atom stereocenters. The molecular weight excluding hydrogens is 217 g/mol. The maximum absolute atomic E-state index is 11.7. The summed E-state index contributed by atoms with van der Waals surface area (Å²) in [6, 6.07) is 7.64. The second-order valence-corrected chi connectivity index (χ2v) is 3.86. The fourth-order valence-corrected chi connectivity index (χ4v) is 1.58. The first kappa shape index (κ1) is 12.3. The number of hydrogen-bond acceptors (Lipinski definition) is 2. The third kappa shape index (κ3) is 3.30. The van der Waals surface area contributed by atoms with Crippen molar-refractivity contribution >= 4 is 22.4 Å². The number of alkyl halides is 1. The van der Waals surface area contributed by atoms with Gasteiger partial charge in [-0.25, -0.2) is 12.8 Å². The Labute approximate surface area is 82.4 Å². The molecule has 0 radical (unpaired) electrons. The Bertz CT molecular complexity index is 341. The molecule has 13 heavy (non-hydrogen) atoms. The van der Waals surface area contributed by atoms with Crippen molar-refractivity contribution in [3.05, 3.63) is 30.3 Å². The second kappa shape index (κ2) is 5.16. The van der Waals surface area contributed by atoms with Gasteiger partial charge in [-0.3, -0.25) is 0 Å². The minimum atomic E-state index is -3.64. The highest BCUT2D eigenvalue weighted by molar-refractivity contribution is 7.89. The molecule has 74 valence electrons. The van der Waals surface area contributed by atoms with E-state index in [0.29, 0.717) is 0 Å². The Balaban J connectivity index is 0.00000144. The van der Waals surface area contributed by atoms with Gasteiger partial charge in [0.1, 0.15) is 0 Å². The molecule has 0 saturated heterocycles. The summed E-state index contributed by atoms with van der Waals surface area (Å²) >= 11 is 0. The highest BCUT2D eigenvalue weighted by Gasteiger charge is 2.11. The van der Waals surface area contributed by atoms with Crippen LogP contribution in [0, 0.1) is 0 Å². The normalized spacial score (nSPS) is 10.5. The van der Waals surface area contributed by atoms with Crippen molar-refractivity contribution < 1.29 is 12.8 Å². The van der Waals surface area contributed by atoms with Crippen LogP contribution in [0.1, 0.15) is 0 Å². The van der Waals surface area contributed by atoms with Gasteiger partial charge in [-0.05, 0) is 12.1 Å². The van der Waals surface area contributed by atoms with Crippen molar-refractivity contribution in [2.24, 2.45) is 0 Å². The first-order valence-corrected chi connectivity index (χ1v) is 4.76. The van der Waals surface area contributed by atoms with E-state index in [-0.39, 0.29) is 17.3 Å². The molecule has 0 amide bonds. The van der Waals surface area contributed by atoms with Gasteiger partial charge in [-0.2, -0.15) is 4.72 Å². The van der Waals surface area contributed by atoms with Crippen LogP contribution in [-0.4, -0.2) is 15.2 Å². The first-order valence-electron chi connectivity index (χ1n) is 3.27. The summed E-state index contributed by atoms with van der Waals surface area (Å²) in [7, 11) is -3.64. The van der Waals surface area contributed by atoms with Gasteiger partial charge in [0.15, 0.2) is 6.80 Å². The van der Waals surface area contributed by atoms with Gasteiger partial charge in [0.25, 0.3) is 0 Å². The third-order valence-electron chi connectivity index (χ3n) is 1.30. The van der Waals surface area contributed by atoms with Crippen LogP contribution in [0.25, 0.3) is 0 Å². The van der Waals surface area contributed by atoms with Gasteiger partial charge >= 0.3 is 0 Å². The van der Waals surface area contributed by atoms with Gasteiger partial charge in [0, 0.05) is 0 Å². The summed E-state index contributed by atoms with van der Waals surface area (Å²) in [6.45, 7) is -1.09. The molecule has 1 aromatic rings. The summed E-state index contributed by atoms with van der Waals surface area (Å²) < 4.78 is 35.6. The molecule has 1 rings (SSSR count). The van der Waals surface area contributed by atoms with Crippen LogP contribution in [0.5, 0.6) is 0 Å². The molecule has 0 bridgehead atoms. The van der Waals surface area contributed by atoms with E-state index >= 15 is 0 Å². The highest BCUT2D eigenvalue weighted by Crippen LogP contribution is 2.06. The molecule has 0 aliphatic rings. The third-order valence-corrected chi connectivity index (χ3v) is 2.68. The predicted molar refractivity (Wildman–Crippen MR) is 50.0 cm³/mol. The zero-order chi connectivity index (χ0) is 9.03. The van der Waals surface area contributed by atoms with E-state index in [1.54, 1.807) is 22.9 Å². The van der Waals surface area contributed by atoms with E-state index in [9.17, 15) is 12.8 Å². The van der Waals surface area contributed by atoms with Crippen molar-refractivity contribution in [2.45, 2.75) is 4.90 Å². The summed E-state index contributed by atoms with van der Waals surface area (Å²) in [5, 5.41) is 0. The minimum Gasteiger partial charge on any atom is -0.233 e. The lowest BCUT2D eigenvalue weighted by atomic mass is 10.4. The fourth-order valence-electron chi connectivity index (χ4n) is 0.755. The van der Waals surface area contributed by atoms with Crippen LogP contribution in [0.15, 0.2) is 35.2 Å². The number of hydrogen-bond donors (Lipinski definition) is 1. The number of sulfonamides is 1. The predicted octanol–water partition coefficient (Wildman–Crippen LogP) is 1.31. The Morgan fingerprint density at radius 1 is 1.23 bits per heavy atom. The summed E-state index contributed by atoms with van der Waals surface area (Å²) in [5.41, 5.74) is 0. The summed E-state index contributed by atoms with van der Waals surface area (Å²) in [6.07, 6.45) is 0. The smallest absolute Gasteiger partial charge is 0.233 e. The molecular formula is C7H9ClFNO2S. The zero-order valence-electron chi connectivity index (χ0n) is 6.60. The van der Waals surface area contributed by atoms with Gasteiger partial charge in [0.2, 0.25) is 10.0 Å². The maximum Gasteiger partial charge on any atom is 0.242 e. The monoisotopic (exact) mass is 225 g/mol. The van der Waals surface area contributed by atoms with E-state index in [1.165, 1.54) is 12.1 Å². The topological polar surface area (TPSA) is 46.2 Å². The molecule has 0 aromatic heterocycles. The molecule has 3 nitrogen and oxygen atoms in total. The minimum absolute atomic E-state index is 0. The highest BCUT2D eigenvalue weighted by atomic mass is 35.5. The lowest BCUT2D eigenvalue weighted by molar-refractivity contribution is 0.469. The standard InChI is InChI=1S/C7H8FNO2S.ClH/c8-6-9-12(10,11)7-4-2-1-3-5-7;/h1-5,9H,6H2;1H. The molecule has 0 saturated carbocycles. The SMILES string of the molecule is Cl.O=S(=O)(NCF)c1ccccc1. The molecule has 1 aromatic carbocycles. The largest absolute Gasteiger partial charge is 0.242 e. The lowest BCUT2D eigenvalue weighted by Crippen LogP contribution is -2.22. The van der Waals surface area contributed by atoms with E-state index < -0.39 is 16.8 Å². The van der Waals surface area contributed by atoms with Crippen molar-refractivity contribution in [2.75, 3.05) is 6.80 Å². The Hall–Kier alpha value is -0.650. The van der Waals surface area contributed by atoms with E-state index in [2.05, 4.69) is 0 Å². The Morgan fingerprint density at radius 3 is 2.23 bits per heavy atom. The summed E-state index contributed by atoms with van der Waals surface area (Å²) in [5.74, 6) is 0. The molecule has 1 N–H and O–H groups in total. The van der Waals surface area contributed by atoms with Crippen LogP contribution in [0.4, 0.5) is 4.39 Å². The zero-order valence-corrected chi connectivity index (χ0v) is 8.24. The van der Waals surface area contributed by atoms with Crippen molar-refractivity contribution in [3.63, 3.8) is 0 Å². The van der Waals surface area contributed by atoms with Gasteiger partial charge in [-0.1, -0.05) is 18.2 Å². The molecule has 0 fully saturated rings. The van der Waals surface area contributed by atoms with E-state index in [1.807, 2.05) is 0 Å². The lowest BCUT2D eigenvalue weighted by Gasteiger charge is -2.01. The van der Waals surface area contributed by atoms with Crippen LogP contribution < -0.4 is 4.72 Å². The van der Waals surface area contributed by atoms with Crippen LogP contribution in [0.2, 0.25) is 0 Å². The van der Waals surface area contributed by atoms with Crippen LogP contribution in [0.3, 0.4) is 0 Å². The first-order chi connectivity index (χ1) is 5.67. The second-order valence-electron chi connectivity index (χ2n) is 2.09. The maximum atomic E-state index is 11.7. The molecule has 0 spiro atoms. The van der Waals surface area contributed by atoms with Crippen LogP contribution >= 0.6 is 12.4 Å². The quantitative estimate of drug-likeness (QED) is 0.789. The summed E-state index contributed by atoms with van der Waals surface area (Å²) in [4.78, 5) is 0.0719. The van der Waals surface area contributed by atoms with E-state index in [4.69, 9.17) is 0 Å². The number of nitrogens with one attached hydrogen (secondary N) is 1. The Morgan fingerprint density at radius 2 is 1.77 bits per heavy atom. The molecule has 0 aliphatic heterocycles. The van der Waals surface area contributed by atoms with Gasteiger partial charge < -0.3 is 0 Å². The van der Waals surface area contributed by atoms with Crippen LogP contribution in [-0.2, 0) is 10.0 Å². The molecule has 0 aliphatic carbocycles. The average molecular weight is 226 g/mol. The number of benzene rings is 1. The number of rotatable bonds is 3. The fraction of sp³-hybridized carbons (Fsp3) is 0.143. The number of halogens is 2. The van der Waals surface area contributed by atoms with Gasteiger partial charge in [-0.15, -0.1) is 12.4 Å². The van der Waals surface area contributed by atoms with Crippen molar-refractivity contribution in [1.82, 2.24) is 4.72 Å². The van der Waals surface area contributed by atoms with E-state index in [0.717, 1.165) is 0 Å². The average Bonchev–Trinajstić information content (AvgIpc) is 2.06. The van der Waals surface area contributed by atoms with Gasteiger partial charge in [0.05, 0.1) is 4.90 Å². The molecule has 0 heterocycles. The van der Waals surface area contributed by atoms with Crippen molar-refractivity contribution in [3.8, 4) is 0 Å². The molecule has 0 atom stereocenters. The Kier molecular flexibility index (Phi) is 4.90.